The molecule has 1 aliphatic heterocycles. The number of hydrogen-bond acceptors (Lipinski definition) is 4. The van der Waals surface area contributed by atoms with E-state index in [2.05, 4.69) is 41.4 Å². The van der Waals surface area contributed by atoms with Crippen LogP contribution in [-0.2, 0) is 0 Å². The molecule has 0 spiro atoms. The first-order valence-corrected chi connectivity index (χ1v) is 9.25. The van der Waals surface area contributed by atoms with E-state index in [1.165, 1.54) is 0 Å². The maximum atomic E-state index is 9.74. The molecule has 0 saturated heterocycles. The van der Waals surface area contributed by atoms with Crippen LogP contribution in [0.2, 0.25) is 0 Å². The number of aliphatic hydroxyl groups excluding tert-OH is 1. The van der Waals surface area contributed by atoms with Crippen molar-refractivity contribution < 1.29 is 9.84 Å². The van der Waals surface area contributed by atoms with Crippen LogP contribution in [0.1, 0.15) is 26.3 Å². The monoisotopic (exact) mass is 362 g/mol. The minimum Gasteiger partial charge on any atom is -0.491 e. The lowest BCUT2D eigenvalue weighted by atomic mass is 10.0. The molecule has 0 aliphatic carbocycles. The predicted octanol–water partition coefficient (Wildman–Crippen LogP) is 3.58. The van der Waals surface area contributed by atoms with Gasteiger partial charge in [0.25, 0.3) is 0 Å². The summed E-state index contributed by atoms with van der Waals surface area (Å²) in [7, 11) is 0. The number of nitrogens with zero attached hydrogens (tertiary/aromatic N) is 1. The molecular formula is C23H26N2O2. The van der Waals surface area contributed by atoms with E-state index < -0.39 is 6.10 Å². The molecule has 1 heterocycles. The van der Waals surface area contributed by atoms with E-state index in [9.17, 15) is 5.11 Å². The van der Waals surface area contributed by atoms with Crippen LogP contribution < -0.4 is 10.1 Å². The van der Waals surface area contributed by atoms with Crippen molar-refractivity contribution in [2.45, 2.75) is 39.1 Å². The number of nitrogens with one attached hydrogen (secondary N) is 1. The molecule has 0 amide bonds. The Labute approximate surface area is 161 Å². The highest BCUT2D eigenvalue weighted by Crippen LogP contribution is 2.23. The van der Waals surface area contributed by atoms with E-state index >= 15 is 0 Å². The number of rotatable bonds is 5. The highest BCUT2D eigenvalue weighted by molar-refractivity contribution is 5.65. The number of benzene rings is 2. The Morgan fingerprint density at radius 1 is 1.04 bits per heavy atom. The Bertz CT molecular complexity index is 827. The highest BCUT2D eigenvalue weighted by atomic mass is 16.5. The number of hydrogen-bond donors (Lipinski definition) is 2. The summed E-state index contributed by atoms with van der Waals surface area (Å²) in [5.41, 5.74) is 3.28. The summed E-state index contributed by atoms with van der Waals surface area (Å²) in [6.07, 6.45) is 3.37. The van der Waals surface area contributed by atoms with Gasteiger partial charge in [-0.2, -0.15) is 0 Å². The zero-order chi connectivity index (χ0) is 19.2. The minimum absolute atomic E-state index is 0.107. The van der Waals surface area contributed by atoms with Gasteiger partial charge in [0.15, 0.2) is 0 Å². The molecular weight excluding hydrogens is 336 g/mol. The molecule has 0 bridgehead atoms. The molecule has 2 atom stereocenters. The van der Waals surface area contributed by atoms with Crippen LogP contribution >= 0.6 is 0 Å². The van der Waals surface area contributed by atoms with Crippen molar-refractivity contribution >= 4 is 0 Å². The van der Waals surface area contributed by atoms with Gasteiger partial charge in [0.2, 0.25) is 0 Å². The minimum atomic E-state index is -0.460. The van der Waals surface area contributed by atoms with E-state index in [4.69, 9.17) is 4.74 Å². The zero-order valence-electron chi connectivity index (χ0n) is 16.0. The molecule has 2 unspecified atom stereocenters. The molecule has 1 aliphatic rings. The summed E-state index contributed by atoms with van der Waals surface area (Å²) in [6, 6.07) is 16.4. The van der Waals surface area contributed by atoms with Crippen molar-refractivity contribution in [3.8, 4) is 28.7 Å². The molecule has 2 aromatic carbocycles. The second-order valence-electron chi connectivity index (χ2n) is 6.91. The van der Waals surface area contributed by atoms with Crippen molar-refractivity contribution in [3.05, 3.63) is 66.5 Å². The molecule has 0 aromatic heterocycles. The van der Waals surface area contributed by atoms with Gasteiger partial charge in [-0.05, 0) is 56.2 Å². The lowest BCUT2D eigenvalue weighted by Crippen LogP contribution is -2.43. The summed E-state index contributed by atoms with van der Waals surface area (Å²) in [5.74, 6) is 7.24. The molecule has 3 rings (SSSR count). The van der Waals surface area contributed by atoms with Crippen molar-refractivity contribution in [2.24, 2.45) is 0 Å². The largest absolute Gasteiger partial charge is 0.491 e. The highest BCUT2D eigenvalue weighted by Gasteiger charge is 2.21. The fraction of sp³-hybridized carbons (Fsp3) is 0.304. The topological polar surface area (TPSA) is 44.7 Å². The molecule has 2 aromatic rings. The van der Waals surface area contributed by atoms with E-state index in [-0.39, 0.29) is 12.3 Å². The molecule has 0 radical (unpaired) electrons. The normalized spacial score (nSPS) is 16.6. The number of aliphatic hydroxyl groups is 1. The Balaban J connectivity index is 1.62. The van der Waals surface area contributed by atoms with Crippen molar-refractivity contribution in [2.75, 3.05) is 6.54 Å². The standard InChI is InChI=1S/C23H26N2O2/c1-17(2)27-22-12-10-21(11-13-22)20-8-6-19(7-9-20)5-4-15-25-16-14-24-23(25)18(3)26/h6-14,16-18,23-24,26H,15H2,1-3H3. The summed E-state index contributed by atoms with van der Waals surface area (Å²) < 4.78 is 5.69. The smallest absolute Gasteiger partial charge is 0.125 e. The molecule has 140 valence electrons. The van der Waals surface area contributed by atoms with Gasteiger partial charge in [-0.3, -0.25) is 0 Å². The Kier molecular flexibility index (Phi) is 6.05. The summed E-state index contributed by atoms with van der Waals surface area (Å²) in [6.45, 7) is 6.38. The van der Waals surface area contributed by atoms with Crippen molar-refractivity contribution in [1.29, 1.82) is 0 Å². The van der Waals surface area contributed by atoms with Gasteiger partial charge in [-0.25, -0.2) is 0 Å². The van der Waals surface area contributed by atoms with E-state index in [1.54, 1.807) is 6.92 Å². The lowest BCUT2D eigenvalue weighted by Gasteiger charge is -2.25. The molecule has 0 fully saturated rings. The Hall–Kier alpha value is -2.90. The van der Waals surface area contributed by atoms with Crippen LogP contribution in [0.25, 0.3) is 11.1 Å². The number of ether oxygens (including phenoxy) is 1. The lowest BCUT2D eigenvalue weighted by molar-refractivity contribution is 0.0928. The van der Waals surface area contributed by atoms with Gasteiger partial charge in [0.1, 0.15) is 11.9 Å². The molecule has 4 nitrogen and oxygen atoms in total. The maximum absolute atomic E-state index is 9.74. The van der Waals surface area contributed by atoms with Crippen LogP contribution in [0.4, 0.5) is 0 Å². The van der Waals surface area contributed by atoms with E-state index in [1.807, 2.05) is 55.4 Å². The van der Waals surface area contributed by atoms with E-state index in [0.717, 1.165) is 22.4 Å². The van der Waals surface area contributed by atoms with Crippen LogP contribution in [0.3, 0.4) is 0 Å². The average Bonchev–Trinajstić information content (AvgIpc) is 3.11. The van der Waals surface area contributed by atoms with Gasteiger partial charge >= 0.3 is 0 Å². The van der Waals surface area contributed by atoms with Gasteiger partial charge in [-0.15, -0.1) is 0 Å². The second kappa shape index (κ2) is 8.66. The first-order valence-electron chi connectivity index (χ1n) is 9.25. The third-order valence-electron chi connectivity index (χ3n) is 4.29. The molecule has 4 heteroatoms. The van der Waals surface area contributed by atoms with Gasteiger partial charge in [-0.1, -0.05) is 36.1 Å². The van der Waals surface area contributed by atoms with Gasteiger partial charge in [0, 0.05) is 18.0 Å². The summed E-state index contributed by atoms with van der Waals surface area (Å²) in [4.78, 5) is 1.99. The maximum Gasteiger partial charge on any atom is 0.125 e. The summed E-state index contributed by atoms with van der Waals surface area (Å²) in [5, 5.41) is 12.9. The first kappa shape index (κ1) is 18.9. The first-order chi connectivity index (χ1) is 13.0. The average molecular weight is 362 g/mol. The van der Waals surface area contributed by atoms with Crippen LogP contribution in [-0.4, -0.2) is 34.9 Å². The van der Waals surface area contributed by atoms with Crippen molar-refractivity contribution in [3.63, 3.8) is 0 Å². The zero-order valence-corrected chi connectivity index (χ0v) is 16.0. The Morgan fingerprint density at radius 3 is 2.26 bits per heavy atom. The molecule has 27 heavy (non-hydrogen) atoms. The van der Waals surface area contributed by atoms with Crippen LogP contribution in [0, 0.1) is 11.8 Å². The second-order valence-corrected chi connectivity index (χ2v) is 6.91. The van der Waals surface area contributed by atoms with Gasteiger partial charge < -0.3 is 20.1 Å². The fourth-order valence-corrected chi connectivity index (χ4v) is 2.97. The Morgan fingerprint density at radius 2 is 1.67 bits per heavy atom. The van der Waals surface area contributed by atoms with Gasteiger partial charge in [0.05, 0.1) is 18.8 Å². The SMILES string of the molecule is CC(C)Oc1ccc(-c2ccc(C#CCN3C=CNC3C(C)O)cc2)cc1. The quantitative estimate of drug-likeness (QED) is 0.798. The van der Waals surface area contributed by atoms with E-state index in [0.29, 0.717) is 6.54 Å². The molecule has 2 N–H and O–H groups in total. The fourth-order valence-electron chi connectivity index (χ4n) is 2.97. The predicted molar refractivity (Wildman–Crippen MR) is 109 cm³/mol. The van der Waals surface area contributed by atoms with Crippen molar-refractivity contribution in [1.82, 2.24) is 10.2 Å². The third-order valence-corrected chi connectivity index (χ3v) is 4.29. The van der Waals surface area contributed by atoms with Crippen LogP contribution in [0.5, 0.6) is 5.75 Å². The summed E-state index contributed by atoms with van der Waals surface area (Å²) >= 11 is 0. The van der Waals surface area contributed by atoms with Crippen LogP contribution in [0.15, 0.2) is 60.9 Å². The molecule has 0 saturated carbocycles. The third kappa shape index (κ3) is 5.06.